The van der Waals surface area contributed by atoms with Crippen LogP contribution in [0.2, 0.25) is 0 Å². The lowest BCUT2D eigenvalue weighted by atomic mass is 9.85. The smallest absolute Gasteiger partial charge is 0.238 e. The number of imide groups is 2. The number of hydrogen-bond donors (Lipinski definition) is 0. The van der Waals surface area contributed by atoms with Crippen molar-refractivity contribution in [2.24, 2.45) is 47.3 Å². The topological polar surface area (TPSA) is 74.8 Å². The summed E-state index contributed by atoms with van der Waals surface area (Å²) in [5.74, 6) is -0.0722. The van der Waals surface area contributed by atoms with E-state index in [9.17, 15) is 19.2 Å². The standard InChI is InChI=1S/C42H32N2O4S3/c45-39-35-23-1-2-24(21-23)36(35)40(46)43(39)27-5-9-29(10-6-27)49-31-13-17-33(18-14-31)51-34-19-15-32(16-20-34)50-30-11-7-28(8-12-30)44-41(47)37-25-3-4-26(22-25)38(37)42(44)48/h1-20,23-26,35-38H,21-22H2/t23-,24-,25-,26+,35-,36+,37-,38+/m0/s1. The second-order valence-electron chi connectivity index (χ2n) is 14.3. The average Bonchev–Trinajstić information content (AvgIpc) is 4.01. The van der Waals surface area contributed by atoms with E-state index in [1.807, 2.05) is 48.5 Å². The minimum Gasteiger partial charge on any atom is -0.274 e. The van der Waals surface area contributed by atoms with Gasteiger partial charge in [-0.15, -0.1) is 0 Å². The molecule has 4 fully saturated rings. The summed E-state index contributed by atoms with van der Waals surface area (Å²) in [7, 11) is 0. The van der Waals surface area contributed by atoms with Crippen molar-refractivity contribution in [3.8, 4) is 0 Å². The Labute approximate surface area is 308 Å². The van der Waals surface area contributed by atoms with E-state index >= 15 is 0 Å². The van der Waals surface area contributed by atoms with Crippen LogP contribution < -0.4 is 9.80 Å². The number of rotatable bonds is 8. The van der Waals surface area contributed by atoms with E-state index in [1.165, 1.54) is 9.80 Å². The van der Waals surface area contributed by atoms with Crippen molar-refractivity contribution in [3.63, 3.8) is 0 Å². The molecule has 0 aromatic heterocycles. The number of anilines is 2. The minimum absolute atomic E-state index is 0.0448. The van der Waals surface area contributed by atoms with Crippen molar-refractivity contribution < 1.29 is 19.2 Å². The van der Waals surface area contributed by atoms with Gasteiger partial charge in [-0.05, 0) is 134 Å². The molecule has 4 aromatic rings. The molecular weight excluding hydrogens is 693 g/mol. The maximum Gasteiger partial charge on any atom is 0.238 e. The van der Waals surface area contributed by atoms with Crippen LogP contribution in [-0.2, 0) is 19.2 Å². The highest BCUT2D eigenvalue weighted by Crippen LogP contribution is 2.54. The molecule has 2 aliphatic heterocycles. The van der Waals surface area contributed by atoms with Crippen molar-refractivity contribution in [2.75, 3.05) is 9.80 Å². The molecule has 0 radical (unpaired) electrons. The summed E-state index contributed by atoms with van der Waals surface area (Å²) >= 11 is 5.01. The Morgan fingerprint density at radius 2 is 0.569 bits per heavy atom. The number of fused-ring (bicyclic) bond motifs is 10. The molecule has 0 unspecified atom stereocenters. The molecule has 2 saturated heterocycles. The first-order valence-electron chi connectivity index (χ1n) is 17.5. The van der Waals surface area contributed by atoms with E-state index in [0.29, 0.717) is 11.4 Å². The maximum atomic E-state index is 13.2. The van der Waals surface area contributed by atoms with Gasteiger partial charge in [0.25, 0.3) is 0 Å². The first kappa shape index (κ1) is 31.4. The number of amides is 4. The Morgan fingerprint density at radius 3 is 0.804 bits per heavy atom. The third-order valence-corrected chi connectivity index (χ3v) is 14.5. The van der Waals surface area contributed by atoms with Crippen LogP contribution in [0.15, 0.2) is 151 Å². The largest absolute Gasteiger partial charge is 0.274 e. The lowest BCUT2D eigenvalue weighted by molar-refractivity contribution is -0.124. The number of nitrogens with zero attached hydrogens (tertiary/aromatic N) is 2. The Bertz CT molecular complexity index is 1950. The van der Waals surface area contributed by atoms with Gasteiger partial charge < -0.3 is 0 Å². The van der Waals surface area contributed by atoms with Gasteiger partial charge in [0, 0.05) is 29.4 Å². The van der Waals surface area contributed by atoms with E-state index in [1.54, 1.807) is 35.3 Å². The van der Waals surface area contributed by atoms with Crippen LogP contribution >= 0.6 is 35.3 Å². The fraction of sp³-hybridized carbons (Fsp3) is 0.238. The van der Waals surface area contributed by atoms with Gasteiger partial charge in [0.1, 0.15) is 0 Å². The normalized spacial score (nSPS) is 29.6. The van der Waals surface area contributed by atoms with Crippen LogP contribution in [-0.4, -0.2) is 23.6 Å². The van der Waals surface area contributed by atoms with Gasteiger partial charge in [-0.3, -0.25) is 29.0 Å². The first-order valence-corrected chi connectivity index (χ1v) is 19.9. The van der Waals surface area contributed by atoms with Crippen molar-refractivity contribution in [2.45, 2.75) is 42.2 Å². The summed E-state index contributed by atoms with van der Waals surface area (Å²) in [4.78, 5) is 62.1. The fourth-order valence-electron chi connectivity index (χ4n) is 9.20. The molecule has 2 heterocycles. The molecule has 0 spiro atoms. The molecule has 6 aliphatic rings. The molecule has 6 nitrogen and oxygen atoms in total. The summed E-state index contributed by atoms with van der Waals surface area (Å²) in [6.07, 6.45) is 10.4. The zero-order valence-corrected chi connectivity index (χ0v) is 29.8. The summed E-state index contributed by atoms with van der Waals surface area (Å²) in [5.41, 5.74) is 1.33. The molecule has 4 aromatic carbocycles. The minimum atomic E-state index is -0.185. The number of benzene rings is 4. The van der Waals surface area contributed by atoms with Gasteiger partial charge in [0.05, 0.1) is 35.0 Å². The molecule has 4 bridgehead atoms. The van der Waals surface area contributed by atoms with Gasteiger partial charge in [-0.25, -0.2) is 0 Å². The molecule has 9 heteroatoms. The summed E-state index contributed by atoms with van der Waals surface area (Å²) in [6.45, 7) is 0. The molecule has 4 amide bonds. The third kappa shape index (κ3) is 5.19. The van der Waals surface area contributed by atoms with Gasteiger partial charge in [-0.2, -0.15) is 0 Å². The zero-order valence-electron chi connectivity index (χ0n) is 27.3. The number of carbonyl (C=O) groups is 4. The van der Waals surface area contributed by atoms with E-state index in [4.69, 9.17) is 0 Å². The number of carbonyl (C=O) groups excluding carboxylic acids is 4. The van der Waals surface area contributed by atoms with E-state index in [2.05, 4.69) is 72.8 Å². The average molecular weight is 725 g/mol. The molecule has 2 saturated carbocycles. The van der Waals surface area contributed by atoms with Crippen molar-refractivity contribution in [1.29, 1.82) is 0 Å². The summed E-state index contributed by atoms with van der Waals surface area (Å²) < 4.78 is 0. The van der Waals surface area contributed by atoms with Crippen LogP contribution in [0.25, 0.3) is 0 Å². The van der Waals surface area contributed by atoms with Gasteiger partial charge in [0.2, 0.25) is 23.6 Å². The van der Waals surface area contributed by atoms with Gasteiger partial charge >= 0.3 is 0 Å². The van der Waals surface area contributed by atoms with Crippen molar-refractivity contribution in [1.82, 2.24) is 0 Å². The predicted molar refractivity (Wildman–Crippen MR) is 199 cm³/mol. The molecule has 8 atom stereocenters. The van der Waals surface area contributed by atoms with Crippen LogP contribution in [0.1, 0.15) is 12.8 Å². The molecule has 51 heavy (non-hydrogen) atoms. The van der Waals surface area contributed by atoms with Gasteiger partial charge in [0.15, 0.2) is 0 Å². The monoisotopic (exact) mass is 724 g/mol. The molecule has 0 N–H and O–H groups in total. The zero-order chi connectivity index (χ0) is 34.4. The first-order chi connectivity index (χ1) is 24.9. The molecule has 10 rings (SSSR count). The SMILES string of the molecule is O=C1[C@@H]2[C@H](C(=O)N1c1ccc(Sc3ccc(Sc4ccc(Sc5ccc(N6C(=O)[C@@H]7[C@H](C6=O)[C@H]6C=C[C@H]7C6)cc5)cc4)cc3)cc1)[C@@H]1C=C[C@H]2C1. The van der Waals surface area contributed by atoms with Crippen LogP contribution in [0.3, 0.4) is 0 Å². The molecular formula is C42H32N2O4S3. The quantitative estimate of drug-likeness (QED) is 0.133. The molecule has 252 valence electrons. The van der Waals surface area contributed by atoms with Crippen LogP contribution in [0.4, 0.5) is 11.4 Å². The third-order valence-electron chi connectivity index (χ3n) is 11.5. The summed E-state index contributed by atoms with van der Waals surface area (Å²) in [6, 6.07) is 32.4. The van der Waals surface area contributed by atoms with Crippen molar-refractivity contribution in [3.05, 3.63) is 121 Å². The summed E-state index contributed by atoms with van der Waals surface area (Å²) in [5, 5.41) is 0. The second-order valence-corrected chi connectivity index (χ2v) is 17.7. The predicted octanol–water partition coefficient (Wildman–Crippen LogP) is 8.76. The van der Waals surface area contributed by atoms with Crippen LogP contribution in [0, 0.1) is 47.3 Å². The molecule has 4 aliphatic carbocycles. The lowest BCUT2D eigenvalue weighted by Gasteiger charge is -2.17. The van der Waals surface area contributed by atoms with E-state index < -0.39 is 0 Å². The van der Waals surface area contributed by atoms with E-state index in [0.717, 1.165) is 42.2 Å². The number of hydrogen-bond acceptors (Lipinski definition) is 7. The highest BCUT2D eigenvalue weighted by atomic mass is 32.2. The Kier molecular flexibility index (Phi) is 7.48. The second kappa shape index (κ2) is 12.1. The number of allylic oxidation sites excluding steroid dienone is 4. The van der Waals surface area contributed by atoms with Crippen molar-refractivity contribution >= 4 is 70.3 Å². The Morgan fingerprint density at radius 1 is 0.353 bits per heavy atom. The lowest BCUT2D eigenvalue weighted by Crippen LogP contribution is -2.32. The fourth-order valence-corrected chi connectivity index (χ4v) is 11.6. The highest BCUT2D eigenvalue weighted by molar-refractivity contribution is 8.00. The highest BCUT2D eigenvalue weighted by Gasteiger charge is 2.60. The Hall–Kier alpha value is -4.31. The maximum absolute atomic E-state index is 13.2. The van der Waals surface area contributed by atoms with E-state index in [-0.39, 0.29) is 71.0 Å². The van der Waals surface area contributed by atoms with Gasteiger partial charge in [-0.1, -0.05) is 59.6 Å². The van der Waals surface area contributed by atoms with Crippen LogP contribution in [0.5, 0.6) is 0 Å². The Balaban J connectivity index is 0.736.